The summed E-state index contributed by atoms with van der Waals surface area (Å²) in [6.45, 7) is 1.19. The molecular formula is C13H15IN2O4. The highest BCUT2D eigenvalue weighted by Crippen LogP contribution is 2.18. The largest absolute Gasteiger partial charge is 0.479 e. The predicted molar refractivity (Wildman–Crippen MR) is 81.4 cm³/mol. The fraction of sp³-hybridized carbons (Fsp3) is 0.308. The van der Waals surface area contributed by atoms with Gasteiger partial charge < -0.3 is 15.3 Å². The van der Waals surface area contributed by atoms with Gasteiger partial charge in [-0.3, -0.25) is 9.59 Å². The fourth-order valence-electron chi connectivity index (χ4n) is 1.63. The molecule has 1 unspecified atom stereocenters. The van der Waals surface area contributed by atoms with Crippen LogP contribution in [-0.4, -0.2) is 47.4 Å². The van der Waals surface area contributed by atoms with Crippen LogP contribution in [0.4, 0.5) is 0 Å². The van der Waals surface area contributed by atoms with Crippen LogP contribution in [0.2, 0.25) is 0 Å². The number of benzene rings is 1. The Morgan fingerprint density at radius 2 is 1.75 bits per heavy atom. The van der Waals surface area contributed by atoms with Gasteiger partial charge in [-0.15, -0.1) is 0 Å². The molecule has 0 aliphatic heterocycles. The second-order valence-corrected chi connectivity index (χ2v) is 5.57. The van der Waals surface area contributed by atoms with E-state index in [1.807, 2.05) is 0 Å². The van der Waals surface area contributed by atoms with E-state index in [9.17, 15) is 19.5 Å². The van der Waals surface area contributed by atoms with E-state index in [1.54, 1.807) is 24.3 Å². The van der Waals surface area contributed by atoms with Gasteiger partial charge in [0.2, 0.25) is 5.54 Å². The molecule has 1 aromatic rings. The molecule has 2 amide bonds. The number of aliphatic carboxylic acids is 1. The number of rotatable bonds is 4. The van der Waals surface area contributed by atoms with Gasteiger partial charge in [-0.2, -0.15) is 0 Å². The van der Waals surface area contributed by atoms with Gasteiger partial charge >= 0.3 is 5.97 Å². The molecule has 0 aromatic heterocycles. The van der Waals surface area contributed by atoms with Gasteiger partial charge in [-0.25, -0.2) is 4.79 Å². The van der Waals surface area contributed by atoms with Crippen LogP contribution in [0.3, 0.4) is 0 Å². The monoisotopic (exact) mass is 390 g/mol. The number of likely N-dealkylation sites (N-methyl/N-ethyl adjacent to an activating group) is 2. The molecule has 1 atom stereocenters. The van der Waals surface area contributed by atoms with Crippen molar-refractivity contribution in [1.29, 1.82) is 0 Å². The Morgan fingerprint density at radius 1 is 1.25 bits per heavy atom. The van der Waals surface area contributed by atoms with Crippen molar-refractivity contribution in [2.45, 2.75) is 12.5 Å². The van der Waals surface area contributed by atoms with E-state index < -0.39 is 23.3 Å². The molecule has 0 saturated heterocycles. The molecule has 0 spiro atoms. The van der Waals surface area contributed by atoms with Gasteiger partial charge in [0, 0.05) is 23.2 Å². The van der Waals surface area contributed by atoms with Gasteiger partial charge in [0.1, 0.15) is 0 Å². The number of nitrogens with zero attached hydrogens (tertiary/aromatic N) is 1. The van der Waals surface area contributed by atoms with Gasteiger partial charge in [0.05, 0.1) is 0 Å². The predicted octanol–water partition coefficient (Wildman–Crippen LogP) is 0.952. The number of nitrogens with one attached hydrogen (secondary N) is 1. The van der Waals surface area contributed by atoms with E-state index in [1.165, 1.54) is 21.0 Å². The van der Waals surface area contributed by atoms with Crippen LogP contribution in [0.25, 0.3) is 0 Å². The SMILES string of the molecule is CNC(=O)C(C)(C(=O)O)N(C)C(=O)c1ccc(I)cc1. The van der Waals surface area contributed by atoms with Crippen molar-refractivity contribution in [2.24, 2.45) is 0 Å². The highest BCUT2D eigenvalue weighted by Gasteiger charge is 2.47. The van der Waals surface area contributed by atoms with E-state index in [0.717, 1.165) is 8.47 Å². The first-order valence-electron chi connectivity index (χ1n) is 5.74. The standard InChI is InChI=1S/C13H15IN2O4/c1-13(12(19)20,11(18)15-2)16(3)10(17)8-4-6-9(14)7-5-8/h4-7H,1-3H3,(H,15,18)(H,19,20). The lowest BCUT2D eigenvalue weighted by Crippen LogP contribution is -2.61. The Kier molecular flexibility index (Phi) is 5.09. The molecule has 1 rings (SSSR count). The summed E-state index contributed by atoms with van der Waals surface area (Å²) >= 11 is 2.10. The van der Waals surface area contributed by atoms with Gasteiger partial charge in [-0.05, 0) is 53.8 Å². The third kappa shape index (κ3) is 2.92. The highest BCUT2D eigenvalue weighted by atomic mass is 127. The van der Waals surface area contributed by atoms with Crippen molar-refractivity contribution in [2.75, 3.05) is 14.1 Å². The summed E-state index contributed by atoms with van der Waals surface area (Å²) in [6, 6.07) is 6.65. The first kappa shape index (κ1) is 16.4. The van der Waals surface area contributed by atoms with Crippen LogP contribution < -0.4 is 5.32 Å². The molecule has 0 aliphatic carbocycles. The van der Waals surface area contributed by atoms with Crippen molar-refractivity contribution >= 4 is 40.4 Å². The average Bonchev–Trinajstić information content (AvgIpc) is 2.44. The van der Waals surface area contributed by atoms with Crippen molar-refractivity contribution < 1.29 is 19.5 Å². The number of carboxylic acids is 1. The number of carbonyl (C=O) groups is 3. The zero-order valence-electron chi connectivity index (χ0n) is 11.3. The zero-order chi connectivity index (χ0) is 15.5. The summed E-state index contributed by atoms with van der Waals surface area (Å²) in [5.74, 6) is -2.68. The summed E-state index contributed by atoms with van der Waals surface area (Å²) in [6.07, 6.45) is 0. The molecule has 0 aliphatic rings. The lowest BCUT2D eigenvalue weighted by atomic mass is 9.98. The Balaban J connectivity index is 3.16. The number of hydrogen-bond acceptors (Lipinski definition) is 3. The molecule has 0 heterocycles. The minimum absolute atomic E-state index is 0.323. The summed E-state index contributed by atoms with van der Waals surface area (Å²) in [4.78, 5) is 36.5. The summed E-state index contributed by atoms with van der Waals surface area (Å²) in [7, 11) is 2.62. The Bertz CT molecular complexity index is 544. The van der Waals surface area contributed by atoms with Crippen LogP contribution >= 0.6 is 22.6 Å². The maximum atomic E-state index is 12.3. The molecule has 2 N–H and O–H groups in total. The molecule has 0 saturated carbocycles. The Hall–Kier alpha value is -1.64. The van der Waals surface area contributed by atoms with Crippen LogP contribution in [0.1, 0.15) is 17.3 Å². The number of amides is 2. The minimum atomic E-state index is -1.96. The summed E-state index contributed by atoms with van der Waals surface area (Å²) < 4.78 is 0.953. The van der Waals surface area contributed by atoms with Gasteiger partial charge in [-0.1, -0.05) is 0 Å². The van der Waals surface area contributed by atoms with Crippen LogP contribution in [0.15, 0.2) is 24.3 Å². The van der Waals surface area contributed by atoms with Crippen molar-refractivity contribution in [3.05, 3.63) is 33.4 Å². The molecule has 0 fully saturated rings. The van der Waals surface area contributed by atoms with E-state index in [2.05, 4.69) is 27.9 Å². The van der Waals surface area contributed by atoms with Crippen molar-refractivity contribution in [3.8, 4) is 0 Å². The minimum Gasteiger partial charge on any atom is -0.479 e. The molecule has 1 aromatic carbocycles. The van der Waals surface area contributed by atoms with Crippen LogP contribution in [0.5, 0.6) is 0 Å². The Morgan fingerprint density at radius 3 is 2.15 bits per heavy atom. The smallest absolute Gasteiger partial charge is 0.339 e. The zero-order valence-corrected chi connectivity index (χ0v) is 13.5. The number of carboxylic acid groups (broad SMARTS) is 1. The highest BCUT2D eigenvalue weighted by molar-refractivity contribution is 14.1. The molecule has 108 valence electrons. The number of carbonyl (C=O) groups excluding carboxylic acids is 2. The van der Waals surface area contributed by atoms with E-state index in [0.29, 0.717) is 5.56 Å². The quantitative estimate of drug-likeness (QED) is 0.592. The first-order chi connectivity index (χ1) is 9.25. The molecule has 20 heavy (non-hydrogen) atoms. The number of halogens is 1. The van der Waals surface area contributed by atoms with E-state index in [4.69, 9.17) is 0 Å². The second-order valence-electron chi connectivity index (χ2n) is 4.33. The fourth-order valence-corrected chi connectivity index (χ4v) is 1.99. The lowest BCUT2D eigenvalue weighted by molar-refractivity contribution is -0.154. The normalized spacial score (nSPS) is 13.2. The average molecular weight is 390 g/mol. The third-order valence-electron chi connectivity index (χ3n) is 3.15. The van der Waals surface area contributed by atoms with Crippen molar-refractivity contribution in [1.82, 2.24) is 10.2 Å². The van der Waals surface area contributed by atoms with Gasteiger partial charge in [0.15, 0.2) is 0 Å². The Labute approximate surface area is 130 Å². The van der Waals surface area contributed by atoms with Gasteiger partial charge in [0.25, 0.3) is 11.8 Å². The molecule has 7 heteroatoms. The molecule has 0 bridgehead atoms. The lowest BCUT2D eigenvalue weighted by Gasteiger charge is -2.33. The van der Waals surface area contributed by atoms with Crippen LogP contribution in [0, 0.1) is 3.57 Å². The van der Waals surface area contributed by atoms with E-state index >= 15 is 0 Å². The molecule has 0 radical (unpaired) electrons. The van der Waals surface area contributed by atoms with Crippen LogP contribution in [-0.2, 0) is 9.59 Å². The first-order valence-corrected chi connectivity index (χ1v) is 6.82. The maximum Gasteiger partial charge on any atom is 0.339 e. The molecular weight excluding hydrogens is 375 g/mol. The maximum absolute atomic E-state index is 12.3. The number of hydrogen-bond donors (Lipinski definition) is 2. The molecule has 6 nitrogen and oxygen atoms in total. The summed E-state index contributed by atoms with van der Waals surface area (Å²) in [5, 5.41) is 11.6. The van der Waals surface area contributed by atoms with E-state index in [-0.39, 0.29) is 0 Å². The topological polar surface area (TPSA) is 86.7 Å². The summed E-state index contributed by atoms with van der Waals surface area (Å²) in [5.41, 5.74) is -1.64. The second kappa shape index (κ2) is 6.21. The third-order valence-corrected chi connectivity index (χ3v) is 3.87. The van der Waals surface area contributed by atoms with Crippen molar-refractivity contribution in [3.63, 3.8) is 0 Å².